The van der Waals surface area contributed by atoms with Crippen LogP contribution >= 0.6 is 0 Å². The first-order chi connectivity index (χ1) is 8.76. The zero-order valence-corrected chi connectivity index (χ0v) is 10.6. The summed E-state index contributed by atoms with van der Waals surface area (Å²) in [5, 5.41) is 12.9. The van der Waals surface area contributed by atoms with Crippen molar-refractivity contribution in [3.63, 3.8) is 0 Å². The van der Waals surface area contributed by atoms with Crippen LogP contribution < -0.4 is 0 Å². The zero-order chi connectivity index (χ0) is 13.0. The number of carbonyl (C=O) groups is 1. The number of nitrogens with zero attached hydrogens (tertiary/aromatic N) is 3. The van der Waals surface area contributed by atoms with Crippen LogP contribution in [0.15, 0.2) is 16.9 Å². The second kappa shape index (κ2) is 5.97. The Morgan fingerprint density at radius 2 is 2.22 bits per heavy atom. The summed E-state index contributed by atoms with van der Waals surface area (Å²) < 4.78 is 4.68. The van der Waals surface area contributed by atoms with Gasteiger partial charge in [0.25, 0.3) is 5.91 Å². The molecule has 0 radical (unpaired) electrons. The number of aromatic nitrogens is 1. The number of amides is 1. The summed E-state index contributed by atoms with van der Waals surface area (Å²) in [5.41, 5.74) is 0.359. The molecule has 2 heterocycles. The molecule has 1 saturated heterocycles. The van der Waals surface area contributed by atoms with Gasteiger partial charge in [0.05, 0.1) is 6.61 Å². The summed E-state index contributed by atoms with van der Waals surface area (Å²) in [5.74, 6) is -0.0829. The molecule has 0 saturated carbocycles. The van der Waals surface area contributed by atoms with Crippen LogP contribution in [-0.4, -0.2) is 64.8 Å². The number of hydrogen-bond donors (Lipinski definition) is 1. The number of carbonyl (C=O) groups excluding carboxylic acids is 1. The average molecular weight is 253 g/mol. The molecule has 100 valence electrons. The molecule has 18 heavy (non-hydrogen) atoms. The zero-order valence-electron chi connectivity index (χ0n) is 10.6. The van der Waals surface area contributed by atoms with E-state index < -0.39 is 0 Å². The van der Waals surface area contributed by atoms with E-state index in [1.165, 1.54) is 6.26 Å². The number of piperazine rings is 1. The molecule has 6 nitrogen and oxygen atoms in total. The smallest absolute Gasteiger partial charge is 0.276 e. The summed E-state index contributed by atoms with van der Waals surface area (Å²) in [6, 6.07) is 1.78. The molecule has 0 spiro atoms. The fourth-order valence-electron chi connectivity index (χ4n) is 2.28. The van der Waals surface area contributed by atoms with Gasteiger partial charge in [0.1, 0.15) is 6.26 Å². The van der Waals surface area contributed by atoms with Crippen LogP contribution in [0, 0.1) is 0 Å². The standard InChI is InChI=1S/C12H19N3O3/c1-2-10(9-16)14-4-6-15(7-5-14)12(17)11-3-8-18-13-11/h3,8,10,16H,2,4-7,9H2,1H3. The minimum absolute atomic E-state index is 0.0829. The lowest BCUT2D eigenvalue weighted by Crippen LogP contribution is -2.52. The van der Waals surface area contributed by atoms with E-state index in [4.69, 9.17) is 0 Å². The van der Waals surface area contributed by atoms with Gasteiger partial charge in [-0.2, -0.15) is 0 Å². The van der Waals surface area contributed by atoms with Crippen LogP contribution in [-0.2, 0) is 0 Å². The van der Waals surface area contributed by atoms with E-state index in [2.05, 4.69) is 21.5 Å². The minimum atomic E-state index is -0.0829. The van der Waals surface area contributed by atoms with Gasteiger partial charge in [-0.3, -0.25) is 9.69 Å². The van der Waals surface area contributed by atoms with Crippen LogP contribution in [0.4, 0.5) is 0 Å². The van der Waals surface area contributed by atoms with E-state index in [1.807, 2.05) is 0 Å². The summed E-state index contributed by atoms with van der Waals surface area (Å²) in [7, 11) is 0. The molecule has 1 aliphatic rings. The van der Waals surface area contributed by atoms with Crippen molar-refractivity contribution in [2.24, 2.45) is 0 Å². The van der Waals surface area contributed by atoms with E-state index in [-0.39, 0.29) is 18.6 Å². The van der Waals surface area contributed by atoms with Crippen molar-refractivity contribution in [1.29, 1.82) is 0 Å². The molecule has 1 atom stereocenters. The third-order valence-electron chi connectivity index (χ3n) is 3.46. The van der Waals surface area contributed by atoms with Crippen LogP contribution in [0.5, 0.6) is 0 Å². The van der Waals surface area contributed by atoms with Gasteiger partial charge < -0.3 is 14.5 Å². The minimum Gasteiger partial charge on any atom is -0.395 e. The Labute approximate surface area is 106 Å². The molecule has 6 heteroatoms. The topological polar surface area (TPSA) is 69.8 Å². The third kappa shape index (κ3) is 2.70. The van der Waals surface area contributed by atoms with Crippen LogP contribution in [0.25, 0.3) is 0 Å². The summed E-state index contributed by atoms with van der Waals surface area (Å²) in [6.07, 6.45) is 2.33. The molecule has 1 N–H and O–H groups in total. The highest BCUT2D eigenvalue weighted by Crippen LogP contribution is 2.11. The first-order valence-corrected chi connectivity index (χ1v) is 6.30. The molecular formula is C12H19N3O3. The predicted molar refractivity (Wildman–Crippen MR) is 65.1 cm³/mol. The summed E-state index contributed by atoms with van der Waals surface area (Å²) >= 11 is 0. The summed E-state index contributed by atoms with van der Waals surface area (Å²) in [6.45, 7) is 5.16. The monoisotopic (exact) mass is 253 g/mol. The van der Waals surface area contributed by atoms with E-state index in [0.29, 0.717) is 18.8 Å². The highest BCUT2D eigenvalue weighted by molar-refractivity contribution is 5.92. The van der Waals surface area contributed by atoms with Gasteiger partial charge in [-0.15, -0.1) is 0 Å². The maximum atomic E-state index is 12.0. The molecule has 1 fully saturated rings. The molecule has 0 aromatic carbocycles. The molecule has 0 bridgehead atoms. The first-order valence-electron chi connectivity index (χ1n) is 6.30. The van der Waals surface area contributed by atoms with Crippen molar-refractivity contribution in [3.05, 3.63) is 18.0 Å². The lowest BCUT2D eigenvalue weighted by Gasteiger charge is -2.38. The Morgan fingerprint density at radius 1 is 1.50 bits per heavy atom. The Kier molecular flexibility index (Phi) is 4.33. The predicted octanol–water partition coefficient (Wildman–Crippen LogP) is 0.203. The molecule has 1 amide bonds. The molecular weight excluding hydrogens is 234 g/mol. The highest BCUT2D eigenvalue weighted by Gasteiger charge is 2.26. The Balaban J connectivity index is 1.89. The normalized spacial score (nSPS) is 18.9. The second-order valence-electron chi connectivity index (χ2n) is 4.46. The van der Waals surface area contributed by atoms with Crippen molar-refractivity contribution in [2.45, 2.75) is 19.4 Å². The molecule has 0 aliphatic carbocycles. The SMILES string of the molecule is CCC(CO)N1CCN(C(=O)c2ccon2)CC1. The number of hydrogen-bond acceptors (Lipinski definition) is 5. The number of aliphatic hydroxyl groups excluding tert-OH is 1. The first kappa shape index (κ1) is 13.0. The van der Waals surface area contributed by atoms with E-state index in [9.17, 15) is 9.90 Å². The van der Waals surface area contributed by atoms with Gasteiger partial charge in [0, 0.05) is 38.3 Å². The van der Waals surface area contributed by atoms with Crippen LogP contribution in [0.1, 0.15) is 23.8 Å². The number of rotatable bonds is 4. The molecule has 1 unspecified atom stereocenters. The Hall–Kier alpha value is -1.40. The average Bonchev–Trinajstić information content (AvgIpc) is 2.94. The molecule has 1 aromatic rings. The Bertz CT molecular complexity index is 368. The van der Waals surface area contributed by atoms with Crippen molar-refractivity contribution < 1.29 is 14.4 Å². The van der Waals surface area contributed by atoms with Gasteiger partial charge >= 0.3 is 0 Å². The number of aliphatic hydroxyl groups is 1. The third-order valence-corrected chi connectivity index (χ3v) is 3.46. The van der Waals surface area contributed by atoms with E-state index in [1.54, 1.807) is 11.0 Å². The quantitative estimate of drug-likeness (QED) is 0.830. The van der Waals surface area contributed by atoms with Gasteiger partial charge in [-0.1, -0.05) is 12.1 Å². The highest BCUT2D eigenvalue weighted by atomic mass is 16.5. The maximum absolute atomic E-state index is 12.0. The van der Waals surface area contributed by atoms with Crippen LogP contribution in [0.2, 0.25) is 0 Å². The molecule has 1 aliphatic heterocycles. The van der Waals surface area contributed by atoms with Crippen LogP contribution in [0.3, 0.4) is 0 Å². The fraction of sp³-hybridized carbons (Fsp3) is 0.667. The van der Waals surface area contributed by atoms with Gasteiger partial charge in [-0.05, 0) is 6.42 Å². The maximum Gasteiger partial charge on any atom is 0.276 e. The van der Waals surface area contributed by atoms with Gasteiger partial charge in [0.15, 0.2) is 5.69 Å². The second-order valence-corrected chi connectivity index (χ2v) is 4.46. The van der Waals surface area contributed by atoms with Gasteiger partial charge in [0.2, 0.25) is 0 Å². The van der Waals surface area contributed by atoms with Crippen molar-refractivity contribution in [2.75, 3.05) is 32.8 Å². The van der Waals surface area contributed by atoms with Gasteiger partial charge in [-0.25, -0.2) is 0 Å². The molecule has 2 rings (SSSR count). The summed E-state index contributed by atoms with van der Waals surface area (Å²) in [4.78, 5) is 16.0. The largest absolute Gasteiger partial charge is 0.395 e. The van der Waals surface area contributed by atoms with E-state index >= 15 is 0 Å². The van der Waals surface area contributed by atoms with Crippen molar-refractivity contribution >= 4 is 5.91 Å². The van der Waals surface area contributed by atoms with Crippen molar-refractivity contribution in [3.8, 4) is 0 Å². The fourth-order valence-corrected chi connectivity index (χ4v) is 2.28. The Morgan fingerprint density at radius 3 is 2.72 bits per heavy atom. The lowest BCUT2D eigenvalue weighted by molar-refractivity contribution is 0.0465. The lowest BCUT2D eigenvalue weighted by atomic mass is 10.1. The van der Waals surface area contributed by atoms with Crippen molar-refractivity contribution in [1.82, 2.24) is 15.0 Å². The van der Waals surface area contributed by atoms with E-state index in [0.717, 1.165) is 19.5 Å². The molecule has 1 aromatic heterocycles.